The van der Waals surface area contributed by atoms with Gasteiger partial charge in [0.25, 0.3) is 0 Å². The maximum absolute atomic E-state index is 14.4. The largest absolute Gasteiger partial charge is 0.334 e. The number of rotatable bonds is 4. The summed E-state index contributed by atoms with van der Waals surface area (Å²) in [5, 5.41) is 0. The Hall–Kier alpha value is -3.64. The number of carbonyl (C=O) groups is 2. The van der Waals surface area contributed by atoms with Crippen LogP contribution in [0.25, 0.3) is 0 Å². The average Bonchev–Trinajstić information content (AvgIpc) is 3.30. The van der Waals surface area contributed by atoms with Gasteiger partial charge in [0.15, 0.2) is 0 Å². The molecule has 6 nitrogen and oxygen atoms in total. The van der Waals surface area contributed by atoms with Gasteiger partial charge in [-0.25, -0.2) is 4.79 Å². The van der Waals surface area contributed by atoms with E-state index in [1.807, 2.05) is 103 Å². The van der Waals surface area contributed by atoms with Crippen LogP contribution in [0.4, 0.5) is 16.2 Å². The highest BCUT2D eigenvalue weighted by Crippen LogP contribution is 2.66. The summed E-state index contributed by atoms with van der Waals surface area (Å²) >= 11 is 0. The number of ether oxygens (including phenoxy) is 1. The van der Waals surface area contributed by atoms with Crippen molar-refractivity contribution in [3.63, 3.8) is 0 Å². The monoisotopic (exact) mass is 453 g/mol. The highest BCUT2D eigenvalue weighted by Gasteiger charge is 2.83. The van der Waals surface area contributed by atoms with Crippen LogP contribution in [0.1, 0.15) is 31.9 Å². The lowest BCUT2D eigenvalue weighted by Gasteiger charge is -2.69. The topological polar surface area (TPSA) is 53.1 Å². The van der Waals surface area contributed by atoms with Gasteiger partial charge in [-0.3, -0.25) is 19.5 Å². The number of β-lactam (4-membered cyclic amide) rings is 1. The fourth-order valence-corrected chi connectivity index (χ4v) is 6.07. The molecule has 0 unspecified atom stereocenters. The minimum Gasteiger partial charge on any atom is -0.334 e. The molecule has 34 heavy (non-hydrogen) atoms. The second-order valence-electron chi connectivity index (χ2n) is 9.33. The van der Waals surface area contributed by atoms with Crippen LogP contribution in [0.2, 0.25) is 0 Å². The van der Waals surface area contributed by atoms with Crippen molar-refractivity contribution in [3.05, 3.63) is 96.6 Å². The Bertz CT molecular complexity index is 1240. The molecule has 3 aromatic rings. The first-order valence-electron chi connectivity index (χ1n) is 11.8. The van der Waals surface area contributed by atoms with E-state index in [4.69, 9.17) is 4.74 Å². The quantitative estimate of drug-likeness (QED) is 0.511. The lowest BCUT2D eigenvalue weighted by molar-refractivity contribution is -0.222. The Morgan fingerprint density at radius 2 is 1.41 bits per heavy atom. The van der Waals surface area contributed by atoms with Crippen molar-refractivity contribution in [2.75, 3.05) is 16.4 Å². The van der Waals surface area contributed by atoms with Crippen LogP contribution >= 0.6 is 0 Å². The first-order chi connectivity index (χ1) is 16.6. The standard InChI is InChI=1S/C28H27N3O3/c1-3-21-19-34-28-27(2,25(32)30(28)23-17-11-6-12-18-23)24(20-13-7-4-8-14-20)29(26(33)31(21)28)22-15-9-5-10-16-22/h4-18,21,24H,3,19H2,1-2H3/t21-,24-,27+,28-/m1/s1. The molecule has 0 saturated carbocycles. The predicted octanol–water partition coefficient (Wildman–Crippen LogP) is 5.19. The molecule has 3 heterocycles. The predicted molar refractivity (Wildman–Crippen MR) is 130 cm³/mol. The smallest absolute Gasteiger partial charge is 0.329 e. The van der Waals surface area contributed by atoms with Crippen molar-refractivity contribution < 1.29 is 14.3 Å². The van der Waals surface area contributed by atoms with E-state index < -0.39 is 17.3 Å². The van der Waals surface area contributed by atoms with E-state index in [1.54, 1.807) is 9.80 Å². The van der Waals surface area contributed by atoms with Crippen molar-refractivity contribution in [1.29, 1.82) is 0 Å². The van der Waals surface area contributed by atoms with Crippen molar-refractivity contribution in [3.8, 4) is 0 Å². The summed E-state index contributed by atoms with van der Waals surface area (Å²) in [6, 6.07) is 28.2. The molecular formula is C28H27N3O3. The number of urea groups is 1. The van der Waals surface area contributed by atoms with Gasteiger partial charge in [-0.1, -0.05) is 73.7 Å². The number of hydrogen-bond acceptors (Lipinski definition) is 3. The molecule has 3 aliphatic rings. The second-order valence-corrected chi connectivity index (χ2v) is 9.33. The molecule has 3 aromatic carbocycles. The summed E-state index contributed by atoms with van der Waals surface area (Å²) in [5.74, 6) is -1.24. The first-order valence-corrected chi connectivity index (χ1v) is 11.8. The zero-order valence-corrected chi connectivity index (χ0v) is 19.3. The first kappa shape index (κ1) is 20.9. The normalized spacial score (nSPS) is 30.1. The highest BCUT2D eigenvalue weighted by molar-refractivity contribution is 6.12. The molecule has 172 valence electrons. The number of para-hydroxylation sites is 2. The summed E-state index contributed by atoms with van der Waals surface area (Å²) in [4.78, 5) is 33.9. The lowest BCUT2D eigenvalue weighted by atomic mass is 9.63. The number of carbonyl (C=O) groups excluding carboxylic acids is 2. The van der Waals surface area contributed by atoms with Crippen LogP contribution in [0.15, 0.2) is 91.0 Å². The molecule has 4 atom stereocenters. The van der Waals surface area contributed by atoms with Gasteiger partial charge in [0.1, 0.15) is 5.41 Å². The van der Waals surface area contributed by atoms with E-state index in [0.29, 0.717) is 6.61 Å². The molecule has 0 aliphatic carbocycles. The van der Waals surface area contributed by atoms with Gasteiger partial charge in [-0.15, -0.1) is 0 Å². The third kappa shape index (κ3) is 2.44. The van der Waals surface area contributed by atoms with Crippen molar-refractivity contribution in [2.45, 2.75) is 38.2 Å². The van der Waals surface area contributed by atoms with Gasteiger partial charge in [-0.05, 0) is 43.2 Å². The van der Waals surface area contributed by atoms with Crippen LogP contribution in [0.5, 0.6) is 0 Å². The van der Waals surface area contributed by atoms with Gasteiger partial charge in [-0.2, -0.15) is 0 Å². The minimum absolute atomic E-state index is 0.0530. The fourth-order valence-electron chi connectivity index (χ4n) is 6.07. The number of anilines is 2. The van der Waals surface area contributed by atoms with Crippen LogP contribution in [0.3, 0.4) is 0 Å². The third-order valence-corrected chi connectivity index (χ3v) is 7.65. The minimum atomic E-state index is -1.19. The van der Waals surface area contributed by atoms with Crippen LogP contribution in [-0.2, 0) is 9.53 Å². The number of benzene rings is 3. The zero-order valence-electron chi connectivity index (χ0n) is 19.3. The van der Waals surface area contributed by atoms with Gasteiger partial charge in [0.05, 0.1) is 18.7 Å². The molecule has 3 aliphatic heterocycles. The van der Waals surface area contributed by atoms with Crippen LogP contribution in [0, 0.1) is 5.41 Å². The average molecular weight is 454 g/mol. The van der Waals surface area contributed by atoms with E-state index >= 15 is 0 Å². The second kappa shape index (κ2) is 7.43. The number of hydrogen-bond donors (Lipinski definition) is 0. The molecule has 0 aromatic heterocycles. The van der Waals surface area contributed by atoms with E-state index in [-0.39, 0.29) is 18.0 Å². The van der Waals surface area contributed by atoms with E-state index in [0.717, 1.165) is 23.4 Å². The fraction of sp³-hybridized carbons (Fsp3) is 0.286. The third-order valence-electron chi connectivity index (χ3n) is 7.65. The van der Waals surface area contributed by atoms with Crippen molar-refractivity contribution in [2.24, 2.45) is 5.41 Å². The summed E-state index contributed by atoms with van der Waals surface area (Å²) in [5.41, 5.74) is 1.40. The summed E-state index contributed by atoms with van der Waals surface area (Å²) < 4.78 is 6.58. The number of amides is 3. The number of nitrogens with zero attached hydrogens (tertiary/aromatic N) is 3. The molecule has 0 N–H and O–H groups in total. The van der Waals surface area contributed by atoms with Crippen molar-refractivity contribution >= 4 is 23.3 Å². The van der Waals surface area contributed by atoms with E-state index in [1.165, 1.54) is 0 Å². The Morgan fingerprint density at radius 1 is 0.853 bits per heavy atom. The van der Waals surface area contributed by atoms with E-state index in [2.05, 4.69) is 6.92 Å². The van der Waals surface area contributed by atoms with Crippen LogP contribution < -0.4 is 9.80 Å². The summed E-state index contributed by atoms with van der Waals surface area (Å²) in [6.07, 6.45) is 0.735. The Balaban J connectivity index is 1.62. The lowest BCUT2D eigenvalue weighted by Crippen LogP contribution is -2.89. The van der Waals surface area contributed by atoms with Gasteiger partial charge in [0, 0.05) is 11.4 Å². The molecule has 3 fully saturated rings. The SMILES string of the molecule is CC[C@@H]1CO[C@@]23N(c4ccccc4)C(=O)[C@]2(C)[C@@H](c2ccccc2)N(c2ccccc2)C(=O)N13. The Kier molecular flexibility index (Phi) is 4.58. The molecular weight excluding hydrogens is 426 g/mol. The molecule has 1 spiro atoms. The molecule has 6 heteroatoms. The molecule has 0 bridgehead atoms. The maximum atomic E-state index is 14.4. The van der Waals surface area contributed by atoms with E-state index in [9.17, 15) is 9.59 Å². The zero-order chi connectivity index (χ0) is 23.5. The molecule has 6 rings (SSSR count). The Labute approximate surface area is 199 Å². The summed E-state index contributed by atoms with van der Waals surface area (Å²) in [7, 11) is 0. The van der Waals surface area contributed by atoms with Gasteiger partial charge < -0.3 is 4.74 Å². The molecule has 3 saturated heterocycles. The molecule has 3 amide bonds. The highest BCUT2D eigenvalue weighted by atomic mass is 16.6. The van der Waals surface area contributed by atoms with Gasteiger partial charge >= 0.3 is 6.03 Å². The summed E-state index contributed by atoms with van der Waals surface area (Å²) in [6.45, 7) is 4.40. The van der Waals surface area contributed by atoms with Crippen LogP contribution in [-0.4, -0.2) is 35.3 Å². The van der Waals surface area contributed by atoms with Crippen molar-refractivity contribution in [1.82, 2.24) is 4.90 Å². The maximum Gasteiger partial charge on any atom is 0.329 e. The van der Waals surface area contributed by atoms with Gasteiger partial charge in [0.2, 0.25) is 11.8 Å². The Morgan fingerprint density at radius 3 is 2.00 bits per heavy atom. The molecule has 0 radical (unpaired) electrons.